The Kier molecular flexibility index (Phi) is 5.61. The number of carbonyl (C=O) groups is 1. The van der Waals surface area contributed by atoms with Gasteiger partial charge in [-0.2, -0.15) is 0 Å². The highest BCUT2D eigenvalue weighted by Gasteiger charge is 2.25. The number of rotatable bonds is 3. The molecule has 2 aromatic heterocycles. The molecule has 0 spiro atoms. The first-order valence-electron chi connectivity index (χ1n) is 8.92. The molecule has 0 saturated carbocycles. The predicted molar refractivity (Wildman–Crippen MR) is 110 cm³/mol. The van der Waals surface area contributed by atoms with Crippen molar-refractivity contribution in [1.82, 2.24) is 9.97 Å². The largest absolute Gasteiger partial charge is 0.481 e. The highest BCUT2D eigenvalue weighted by molar-refractivity contribution is 5.86. The average molecular weight is 384 g/mol. The minimum Gasteiger partial charge on any atom is -0.481 e. The molecule has 1 N–H and O–H groups in total. The van der Waals surface area contributed by atoms with Gasteiger partial charge in [-0.05, 0) is 55.7 Å². The van der Waals surface area contributed by atoms with Crippen LogP contribution in [0.4, 0.5) is 5.82 Å². The molecule has 0 bridgehead atoms. The van der Waals surface area contributed by atoms with E-state index in [1.807, 2.05) is 31.3 Å². The first-order valence-corrected chi connectivity index (χ1v) is 8.92. The molecular weight excluding hydrogens is 362 g/mol. The number of carboxylic acid groups (broad SMARTS) is 1. The Hall–Kier alpha value is -2.66. The molecule has 0 atom stereocenters. The molecule has 1 aliphatic heterocycles. The van der Waals surface area contributed by atoms with Crippen LogP contribution in [0.15, 0.2) is 48.7 Å². The Morgan fingerprint density at radius 1 is 1.07 bits per heavy atom. The summed E-state index contributed by atoms with van der Waals surface area (Å²) < 4.78 is 0. The lowest BCUT2D eigenvalue weighted by Crippen LogP contribution is -2.36. The summed E-state index contributed by atoms with van der Waals surface area (Å²) in [6, 6.07) is 14.5. The number of nitrogens with zero attached hydrogens (tertiary/aromatic N) is 3. The molecule has 1 aromatic carbocycles. The second kappa shape index (κ2) is 7.92. The number of hydrogen-bond acceptors (Lipinski definition) is 4. The number of anilines is 1. The maximum atomic E-state index is 11.1. The number of pyridine rings is 2. The fraction of sp³-hybridized carbons (Fsp3) is 0.286. The van der Waals surface area contributed by atoms with E-state index in [-0.39, 0.29) is 18.3 Å². The average Bonchev–Trinajstić information content (AvgIpc) is 2.68. The Bertz CT molecular complexity index is 951. The Morgan fingerprint density at radius 2 is 1.81 bits per heavy atom. The van der Waals surface area contributed by atoms with Crippen molar-refractivity contribution in [2.75, 3.05) is 18.0 Å². The van der Waals surface area contributed by atoms with Crippen molar-refractivity contribution in [3.8, 4) is 11.1 Å². The van der Waals surface area contributed by atoms with Crippen molar-refractivity contribution in [1.29, 1.82) is 0 Å². The summed E-state index contributed by atoms with van der Waals surface area (Å²) in [4.78, 5) is 22.4. The zero-order valence-electron chi connectivity index (χ0n) is 15.1. The van der Waals surface area contributed by atoms with Gasteiger partial charge in [-0.3, -0.25) is 9.78 Å². The van der Waals surface area contributed by atoms with Gasteiger partial charge < -0.3 is 10.0 Å². The molecule has 0 amide bonds. The first kappa shape index (κ1) is 19.1. The molecule has 5 nitrogen and oxygen atoms in total. The summed E-state index contributed by atoms with van der Waals surface area (Å²) in [6.07, 6.45) is 3.24. The molecule has 0 radical (unpaired) electrons. The molecular formula is C21H22ClN3O2. The number of piperidine rings is 1. The Morgan fingerprint density at radius 3 is 2.48 bits per heavy atom. The van der Waals surface area contributed by atoms with Crippen LogP contribution >= 0.6 is 12.4 Å². The molecule has 27 heavy (non-hydrogen) atoms. The molecule has 1 aliphatic rings. The van der Waals surface area contributed by atoms with Gasteiger partial charge in [0.05, 0.1) is 11.4 Å². The Labute approximate surface area is 164 Å². The molecule has 0 aliphatic carbocycles. The van der Waals surface area contributed by atoms with E-state index in [1.165, 1.54) is 0 Å². The fourth-order valence-corrected chi connectivity index (χ4v) is 3.46. The lowest BCUT2D eigenvalue weighted by Gasteiger charge is -2.31. The van der Waals surface area contributed by atoms with E-state index < -0.39 is 5.97 Å². The number of hydrogen-bond donors (Lipinski definition) is 1. The number of aromatic nitrogens is 2. The van der Waals surface area contributed by atoms with Crippen molar-refractivity contribution in [2.24, 2.45) is 5.92 Å². The van der Waals surface area contributed by atoms with E-state index in [1.54, 1.807) is 0 Å². The van der Waals surface area contributed by atoms with Crippen LogP contribution in [0.25, 0.3) is 22.0 Å². The van der Waals surface area contributed by atoms with Crippen molar-refractivity contribution >= 4 is 35.1 Å². The fourth-order valence-electron chi connectivity index (χ4n) is 3.46. The number of benzene rings is 1. The highest BCUT2D eigenvalue weighted by atomic mass is 35.5. The number of aliphatic carboxylic acids is 1. The van der Waals surface area contributed by atoms with Gasteiger partial charge in [0.2, 0.25) is 0 Å². The zero-order chi connectivity index (χ0) is 18.1. The van der Waals surface area contributed by atoms with Crippen LogP contribution in [-0.2, 0) is 4.79 Å². The topological polar surface area (TPSA) is 66.3 Å². The summed E-state index contributed by atoms with van der Waals surface area (Å²) in [5.41, 5.74) is 4.18. The maximum absolute atomic E-state index is 11.1. The van der Waals surface area contributed by atoms with Gasteiger partial charge in [0.25, 0.3) is 0 Å². The zero-order valence-corrected chi connectivity index (χ0v) is 15.9. The lowest BCUT2D eigenvalue weighted by atomic mass is 9.97. The third-order valence-corrected chi connectivity index (χ3v) is 5.09. The summed E-state index contributed by atoms with van der Waals surface area (Å²) >= 11 is 0. The standard InChI is InChI=1S/C21H21N3O2.ClH/c1-14-2-3-18(13-22-14)16-4-6-19-17(12-16)5-7-20(23-19)24-10-8-15(9-11-24)21(25)26;/h2-7,12-13,15H,8-11H2,1H3,(H,25,26);1H. The first-order chi connectivity index (χ1) is 12.6. The molecule has 3 aromatic rings. The van der Waals surface area contributed by atoms with Crippen LogP contribution in [0.3, 0.4) is 0 Å². The SMILES string of the molecule is Cc1ccc(-c2ccc3nc(N4CCC(C(=O)O)CC4)ccc3c2)cn1.Cl. The van der Waals surface area contributed by atoms with Crippen LogP contribution in [0, 0.1) is 12.8 Å². The van der Waals surface area contributed by atoms with E-state index in [9.17, 15) is 4.79 Å². The van der Waals surface area contributed by atoms with E-state index in [0.717, 1.165) is 46.6 Å². The van der Waals surface area contributed by atoms with E-state index in [4.69, 9.17) is 10.1 Å². The van der Waals surface area contributed by atoms with Crippen molar-refractivity contribution in [3.05, 3.63) is 54.4 Å². The number of aryl methyl sites for hydroxylation is 1. The van der Waals surface area contributed by atoms with Crippen LogP contribution in [0.5, 0.6) is 0 Å². The second-order valence-corrected chi connectivity index (χ2v) is 6.86. The van der Waals surface area contributed by atoms with Gasteiger partial charge in [0.1, 0.15) is 5.82 Å². The minimum atomic E-state index is -0.686. The number of halogens is 1. The van der Waals surface area contributed by atoms with Crippen LogP contribution in [-0.4, -0.2) is 34.1 Å². The quantitative estimate of drug-likeness (QED) is 0.729. The van der Waals surface area contributed by atoms with Gasteiger partial charge in [-0.1, -0.05) is 12.1 Å². The normalized spacial score (nSPS) is 14.8. The van der Waals surface area contributed by atoms with Crippen molar-refractivity contribution in [3.63, 3.8) is 0 Å². The van der Waals surface area contributed by atoms with Crippen LogP contribution in [0.2, 0.25) is 0 Å². The van der Waals surface area contributed by atoms with Crippen LogP contribution < -0.4 is 4.90 Å². The van der Waals surface area contributed by atoms with E-state index in [2.05, 4.69) is 34.1 Å². The Balaban J connectivity index is 0.00000210. The molecule has 0 unspecified atom stereocenters. The molecule has 140 valence electrons. The summed E-state index contributed by atoms with van der Waals surface area (Å²) in [6.45, 7) is 3.46. The third kappa shape index (κ3) is 4.03. The molecule has 1 saturated heterocycles. The molecule has 3 heterocycles. The number of carboxylic acids is 1. The molecule has 4 rings (SSSR count). The lowest BCUT2D eigenvalue weighted by molar-refractivity contribution is -0.142. The van der Waals surface area contributed by atoms with Gasteiger partial charge in [-0.15, -0.1) is 12.4 Å². The van der Waals surface area contributed by atoms with Crippen molar-refractivity contribution in [2.45, 2.75) is 19.8 Å². The van der Waals surface area contributed by atoms with Gasteiger partial charge >= 0.3 is 5.97 Å². The monoisotopic (exact) mass is 383 g/mol. The summed E-state index contributed by atoms with van der Waals surface area (Å²) in [5.74, 6) is 0.0118. The smallest absolute Gasteiger partial charge is 0.306 e. The van der Waals surface area contributed by atoms with Crippen LogP contribution in [0.1, 0.15) is 18.5 Å². The van der Waals surface area contributed by atoms with Gasteiger partial charge in [-0.25, -0.2) is 4.98 Å². The van der Waals surface area contributed by atoms with Gasteiger partial charge in [0, 0.05) is 35.9 Å². The number of fused-ring (bicyclic) bond motifs is 1. The molecule has 6 heteroatoms. The summed E-state index contributed by atoms with van der Waals surface area (Å²) in [7, 11) is 0. The third-order valence-electron chi connectivity index (χ3n) is 5.09. The van der Waals surface area contributed by atoms with E-state index in [0.29, 0.717) is 12.8 Å². The van der Waals surface area contributed by atoms with E-state index >= 15 is 0 Å². The molecule has 1 fully saturated rings. The highest BCUT2D eigenvalue weighted by Crippen LogP contribution is 2.27. The predicted octanol–water partition coefficient (Wildman–Crippen LogP) is 4.33. The minimum absolute atomic E-state index is 0. The second-order valence-electron chi connectivity index (χ2n) is 6.86. The van der Waals surface area contributed by atoms with Crippen molar-refractivity contribution < 1.29 is 9.90 Å². The summed E-state index contributed by atoms with van der Waals surface area (Å²) in [5, 5.41) is 10.2. The maximum Gasteiger partial charge on any atom is 0.306 e. The van der Waals surface area contributed by atoms with Gasteiger partial charge in [0.15, 0.2) is 0 Å².